The smallest absolute Gasteiger partial charge is 0.228 e. The Balaban J connectivity index is 1.27. The van der Waals surface area contributed by atoms with E-state index in [9.17, 15) is 4.79 Å². The average molecular weight is 502 g/mol. The van der Waals surface area contributed by atoms with Gasteiger partial charge in [0.1, 0.15) is 11.5 Å². The molecule has 1 amide bonds. The number of hydrogen-bond donors (Lipinski definition) is 2. The fourth-order valence-electron chi connectivity index (χ4n) is 4.50. The number of carbonyl (C=O) groups is 1. The van der Waals surface area contributed by atoms with Gasteiger partial charge < -0.3 is 30.3 Å². The zero-order chi connectivity index (χ0) is 25.9. The highest BCUT2D eigenvalue weighted by Crippen LogP contribution is 2.29. The fourth-order valence-corrected chi connectivity index (χ4v) is 4.50. The monoisotopic (exact) mass is 501 g/mol. The van der Waals surface area contributed by atoms with Gasteiger partial charge in [0.25, 0.3) is 0 Å². The van der Waals surface area contributed by atoms with Crippen LogP contribution in [0.5, 0.6) is 11.5 Å². The highest BCUT2D eigenvalue weighted by molar-refractivity contribution is 6.09. The first kappa shape index (κ1) is 24.5. The second-order valence-electron chi connectivity index (χ2n) is 9.40. The van der Waals surface area contributed by atoms with E-state index >= 15 is 0 Å². The molecule has 2 aliphatic heterocycles. The van der Waals surface area contributed by atoms with Gasteiger partial charge in [-0.1, -0.05) is 0 Å². The van der Waals surface area contributed by atoms with E-state index in [-0.39, 0.29) is 17.9 Å². The largest absolute Gasteiger partial charge is 0.497 e. The van der Waals surface area contributed by atoms with E-state index in [0.717, 1.165) is 35.5 Å². The van der Waals surface area contributed by atoms with Crippen molar-refractivity contribution in [3.8, 4) is 11.5 Å². The highest BCUT2D eigenvalue weighted by atomic mass is 16.5. The number of anilines is 2. The summed E-state index contributed by atoms with van der Waals surface area (Å²) in [6, 6.07) is 11.4. The van der Waals surface area contributed by atoms with Crippen LogP contribution in [0.25, 0.3) is 16.6 Å². The van der Waals surface area contributed by atoms with Gasteiger partial charge in [-0.25, -0.2) is 4.98 Å². The van der Waals surface area contributed by atoms with Crippen molar-refractivity contribution >= 4 is 40.1 Å². The zero-order valence-electron chi connectivity index (χ0n) is 21.2. The third-order valence-electron chi connectivity index (χ3n) is 6.67. The Bertz CT molecular complexity index is 1340. The molecule has 3 heterocycles. The summed E-state index contributed by atoms with van der Waals surface area (Å²) in [7, 11) is 5.26. The molecule has 0 spiro atoms. The van der Waals surface area contributed by atoms with Crippen molar-refractivity contribution in [1.82, 2.24) is 19.8 Å². The van der Waals surface area contributed by atoms with Crippen LogP contribution in [-0.2, 0) is 4.79 Å². The van der Waals surface area contributed by atoms with Gasteiger partial charge in [-0.2, -0.15) is 0 Å². The number of fused-ring (bicyclic) bond motifs is 1. The lowest BCUT2D eigenvalue weighted by atomic mass is 9.97. The molecule has 192 valence electrons. The number of rotatable bonds is 8. The topological polar surface area (TPSA) is 118 Å². The van der Waals surface area contributed by atoms with Crippen molar-refractivity contribution in [2.75, 3.05) is 52.8 Å². The van der Waals surface area contributed by atoms with Crippen molar-refractivity contribution in [3.63, 3.8) is 0 Å². The van der Waals surface area contributed by atoms with Crippen LogP contribution in [0.2, 0.25) is 0 Å². The van der Waals surface area contributed by atoms with Crippen molar-refractivity contribution in [3.05, 3.63) is 54.5 Å². The van der Waals surface area contributed by atoms with Crippen LogP contribution in [0.4, 0.5) is 11.4 Å². The molecule has 2 aromatic carbocycles. The van der Waals surface area contributed by atoms with E-state index in [1.54, 1.807) is 26.6 Å². The van der Waals surface area contributed by atoms with Gasteiger partial charge in [0.2, 0.25) is 5.91 Å². The number of nitrogens with two attached hydrogens (primary N) is 1. The van der Waals surface area contributed by atoms with E-state index in [1.165, 1.54) is 6.20 Å². The minimum absolute atomic E-state index is 0.0702. The molecule has 5 rings (SSSR count). The van der Waals surface area contributed by atoms with Gasteiger partial charge in [-0.3, -0.25) is 14.8 Å². The SMILES string of the molecule is COc1cc(Nc2ccc3ncc(/C(C=NC4CN(C(=O)C5CN(C)C5)C4)=C/N)nc3c2)cc(OC)c1. The molecule has 2 fully saturated rings. The zero-order valence-corrected chi connectivity index (χ0v) is 21.2. The average Bonchev–Trinajstić information content (AvgIpc) is 2.87. The molecule has 3 N–H and O–H groups in total. The van der Waals surface area contributed by atoms with Crippen molar-refractivity contribution in [2.45, 2.75) is 6.04 Å². The lowest BCUT2D eigenvalue weighted by Gasteiger charge is -2.43. The normalized spacial score (nSPS) is 17.1. The maximum Gasteiger partial charge on any atom is 0.228 e. The lowest BCUT2D eigenvalue weighted by Crippen LogP contribution is -2.60. The highest BCUT2D eigenvalue weighted by Gasteiger charge is 2.38. The molecule has 10 heteroatoms. The molecular formula is C27H31N7O3. The summed E-state index contributed by atoms with van der Waals surface area (Å²) in [6.45, 7) is 2.96. The number of nitrogens with zero attached hydrogens (tertiary/aromatic N) is 5. The van der Waals surface area contributed by atoms with E-state index < -0.39 is 0 Å². The lowest BCUT2D eigenvalue weighted by molar-refractivity contribution is -0.144. The van der Waals surface area contributed by atoms with E-state index in [0.29, 0.717) is 35.9 Å². The number of methoxy groups -OCH3 is 2. The number of allylic oxidation sites excluding steroid dienone is 1. The number of carbonyl (C=O) groups excluding carboxylic acids is 1. The van der Waals surface area contributed by atoms with Crippen LogP contribution in [0.3, 0.4) is 0 Å². The third kappa shape index (κ3) is 5.34. The molecule has 0 bridgehead atoms. The number of amides is 1. The molecule has 10 nitrogen and oxygen atoms in total. The van der Waals surface area contributed by atoms with Gasteiger partial charge in [0, 0.05) is 73.7 Å². The molecule has 0 aliphatic carbocycles. The van der Waals surface area contributed by atoms with Crippen molar-refractivity contribution < 1.29 is 14.3 Å². The van der Waals surface area contributed by atoms with E-state index in [1.807, 2.05) is 48.3 Å². The van der Waals surface area contributed by atoms with Gasteiger partial charge in [0.15, 0.2) is 0 Å². The number of benzene rings is 2. The van der Waals surface area contributed by atoms with Crippen LogP contribution in [0.1, 0.15) is 5.69 Å². The van der Waals surface area contributed by atoms with Gasteiger partial charge in [0.05, 0.1) is 49.1 Å². The van der Waals surface area contributed by atoms with E-state index in [4.69, 9.17) is 20.2 Å². The molecule has 3 aromatic rings. The van der Waals surface area contributed by atoms with Gasteiger partial charge in [-0.15, -0.1) is 0 Å². The van der Waals surface area contributed by atoms with Crippen molar-refractivity contribution in [2.24, 2.45) is 16.6 Å². The first-order chi connectivity index (χ1) is 17.9. The Morgan fingerprint density at radius 1 is 1.05 bits per heavy atom. The number of likely N-dealkylation sites (tertiary alicyclic amines) is 2. The predicted molar refractivity (Wildman–Crippen MR) is 144 cm³/mol. The molecule has 0 unspecified atom stereocenters. The number of aromatic nitrogens is 2. The number of nitrogens with one attached hydrogen (secondary N) is 1. The summed E-state index contributed by atoms with van der Waals surface area (Å²) in [4.78, 5) is 30.4. The summed E-state index contributed by atoms with van der Waals surface area (Å²) >= 11 is 0. The number of hydrogen-bond acceptors (Lipinski definition) is 9. The Morgan fingerprint density at radius 3 is 2.43 bits per heavy atom. The second-order valence-corrected chi connectivity index (χ2v) is 9.40. The van der Waals surface area contributed by atoms with E-state index in [2.05, 4.69) is 20.2 Å². The molecule has 2 saturated heterocycles. The van der Waals surface area contributed by atoms with Crippen LogP contribution < -0.4 is 20.5 Å². The first-order valence-electron chi connectivity index (χ1n) is 12.2. The van der Waals surface area contributed by atoms with Crippen LogP contribution >= 0.6 is 0 Å². The maximum absolute atomic E-state index is 12.4. The Kier molecular flexibility index (Phi) is 6.91. The van der Waals surface area contributed by atoms with Crippen molar-refractivity contribution in [1.29, 1.82) is 0 Å². The maximum atomic E-state index is 12.4. The van der Waals surface area contributed by atoms with Gasteiger partial charge >= 0.3 is 0 Å². The first-order valence-corrected chi connectivity index (χ1v) is 12.2. The number of ether oxygens (including phenoxy) is 2. The molecule has 0 atom stereocenters. The summed E-state index contributed by atoms with van der Waals surface area (Å²) in [5.74, 6) is 1.75. The molecule has 37 heavy (non-hydrogen) atoms. The summed E-state index contributed by atoms with van der Waals surface area (Å²) in [5, 5.41) is 3.37. The van der Waals surface area contributed by atoms with Gasteiger partial charge in [-0.05, 0) is 25.2 Å². The third-order valence-corrected chi connectivity index (χ3v) is 6.67. The van der Waals surface area contributed by atoms with Crippen LogP contribution in [-0.4, -0.2) is 85.4 Å². The molecule has 0 saturated carbocycles. The Labute approximate surface area is 215 Å². The number of aliphatic imine (C=N–C) groups is 1. The summed E-state index contributed by atoms with van der Waals surface area (Å²) < 4.78 is 10.7. The van der Waals surface area contributed by atoms with Crippen LogP contribution in [0, 0.1) is 5.92 Å². The quantitative estimate of drug-likeness (QED) is 0.452. The van der Waals surface area contributed by atoms with Crippen LogP contribution in [0.15, 0.2) is 53.8 Å². The summed E-state index contributed by atoms with van der Waals surface area (Å²) in [5.41, 5.74) is 10.4. The standard InChI is InChI=1S/C27H31N7O3/c1-33-13-18(14-33)27(35)34-15-21(16-34)29-11-17(10-28)26-12-30-24-5-4-19(8-25(24)32-26)31-20-6-22(36-2)9-23(7-20)37-3/h4-12,18,21,31H,13-16,28H2,1-3H3/b17-10+,29-11?. The fraction of sp³-hybridized carbons (Fsp3) is 0.333. The minimum atomic E-state index is 0.0702. The molecule has 2 aliphatic rings. The Hall–Kier alpha value is -4.18. The minimum Gasteiger partial charge on any atom is -0.497 e. The predicted octanol–water partition coefficient (Wildman–Crippen LogP) is 2.53. The summed E-state index contributed by atoms with van der Waals surface area (Å²) in [6.07, 6.45) is 4.90. The second kappa shape index (κ2) is 10.4. The Morgan fingerprint density at radius 2 is 1.78 bits per heavy atom. The molecule has 1 aromatic heterocycles. The molecule has 0 radical (unpaired) electrons. The molecular weight excluding hydrogens is 470 g/mol.